The van der Waals surface area contributed by atoms with Crippen LogP contribution >= 0.6 is 0 Å². The molecular weight excluding hydrogens is 708 g/mol. The molecule has 0 aromatic carbocycles. The predicted octanol–water partition coefficient (Wildman–Crippen LogP) is 3.20. The molecule has 0 aromatic rings. The second-order valence-corrected chi connectivity index (χ2v) is 40.8. The molecule has 0 saturated carbocycles. The molecule has 0 rings (SSSR count). The number of carbonyl (C=O) groups is 2. The fourth-order valence-corrected chi connectivity index (χ4v) is 4.17. The van der Waals surface area contributed by atoms with Crippen LogP contribution in [-0.4, -0.2) is 61.8 Å². The zero-order chi connectivity index (χ0) is 33.6. The van der Waals surface area contributed by atoms with Gasteiger partial charge < -0.3 is 37.5 Å². The maximum atomic E-state index is 11.2. The van der Waals surface area contributed by atoms with Gasteiger partial charge in [0.1, 0.15) is 16.6 Å². The molecule has 0 unspecified atom stereocenters. The molecule has 10 nitrogen and oxygen atoms in total. The number of hydrogen-bond acceptors (Lipinski definition) is 10. The van der Waals surface area contributed by atoms with Gasteiger partial charge in [0, 0.05) is 12.2 Å². The molecule has 0 aliphatic rings. The van der Waals surface area contributed by atoms with Crippen LogP contribution in [0.1, 0.15) is 0 Å². The smallest absolute Gasteiger partial charge is 0.859 e. The quantitative estimate of drug-likeness (QED) is 0.204. The molecule has 0 bridgehead atoms. The van der Waals surface area contributed by atoms with Gasteiger partial charge in [-0.3, -0.25) is 0 Å². The summed E-state index contributed by atoms with van der Waals surface area (Å²) < 4.78 is 20.3. The average Bonchev–Trinajstić information content (AvgIpc) is 2.42. The van der Waals surface area contributed by atoms with Gasteiger partial charge in [0.05, 0.1) is 11.9 Å². The summed E-state index contributed by atoms with van der Waals surface area (Å²) in [4.78, 5) is 42.9. The Morgan fingerprint density at radius 1 is 0.439 bits per heavy atom. The van der Waals surface area contributed by atoms with E-state index in [-0.39, 0.29) is 26.2 Å². The molecule has 0 radical (unpaired) electrons. The zero-order valence-corrected chi connectivity index (χ0v) is 37.2. The van der Waals surface area contributed by atoms with Crippen molar-refractivity contribution in [3.8, 4) is 0 Å². The van der Waals surface area contributed by atoms with Gasteiger partial charge in [0.15, 0.2) is 0 Å². The Hall–Kier alpha value is -0.276. The Balaban J connectivity index is -0.000000156. The van der Waals surface area contributed by atoms with Crippen molar-refractivity contribution < 1.29 is 73.3 Å². The minimum Gasteiger partial charge on any atom is -0.859 e. The van der Waals surface area contributed by atoms with Crippen molar-refractivity contribution in [3.05, 3.63) is 24.0 Å². The summed E-state index contributed by atoms with van der Waals surface area (Å²) in [7, 11) is -11.4. The summed E-state index contributed by atoms with van der Waals surface area (Å²) in [5.41, 5.74) is 0. The van der Waals surface area contributed by atoms with Gasteiger partial charge in [-0.15, -0.1) is 0 Å². The second-order valence-electron chi connectivity index (χ2n) is 14.6. The third-order valence-corrected chi connectivity index (χ3v) is 5.35. The van der Waals surface area contributed by atoms with Crippen molar-refractivity contribution >= 4 is 61.8 Å². The van der Waals surface area contributed by atoms with Crippen LogP contribution in [-0.2, 0) is 53.5 Å². The van der Waals surface area contributed by atoms with Gasteiger partial charge in [0.25, 0.3) is 0 Å². The van der Waals surface area contributed by atoms with Gasteiger partial charge in [-0.2, -0.15) is 0 Å². The average molecular weight is 764 g/mol. The summed E-state index contributed by atoms with van der Waals surface area (Å²) >= 11 is 0. The molecule has 0 saturated heterocycles. The van der Waals surface area contributed by atoms with E-state index in [1.807, 2.05) is 78.6 Å². The Labute approximate surface area is 275 Å². The maximum absolute atomic E-state index is 11.2. The van der Waals surface area contributed by atoms with Crippen LogP contribution < -0.4 is 19.8 Å². The van der Waals surface area contributed by atoms with E-state index in [0.717, 1.165) is 12.2 Å². The number of carbonyl (C=O) groups excluding carboxylic acids is 2. The van der Waals surface area contributed by atoms with Crippen LogP contribution in [0.5, 0.6) is 0 Å². The molecule has 0 fully saturated rings. The molecule has 240 valence electrons. The van der Waals surface area contributed by atoms with Crippen molar-refractivity contribution in [3.63, 3.8) is 0 Å². The van der Waals surface area contributed by atoms with Crippen molar-refractivity contribution in [2.45, 2.75) is 118 Å². The van der Waals surface area contributed by atoms with Crippen LogP contribution in [0.15, 0.2) is 24.0 Å². The zero-order valence-electron chi connectivity index (χ0n) is 28.7. The first-order valence-corrected chi connectivity index (χ1v) is 33.5. The third-order valence-electron chi connectivity index (χ3n) is 2.10. The largest absolute Gasteiger partial charge is 4.00 e. The maximum Gasteiger partial charge on any atom is 4.00 e. The summed E-state index contributed by atoms with van der Waals surface area (Å²) in [5, 5.41) is 22.5. The molecule has 0 spiro atoms. The van der Waals surface area contributed by atoms with Crippen molar-refractivity contribution in [2.24, 2.45) is 0 Å². The van der Waals surface area contributed by atoms with E-state index in [1.165, 1.54) is 0 Å². The van der Waals surface area contributed by atoms with Crippen molar-refractivity contribution in [2.75, 3.05) is 0 Å². The summed E-state index contributed by atoms with van der Waals surface area (Å²) in [6.45, 7) is 33.2. The molecule has 17 heteroatoms. The minimum atomic E-state index is -1.92. The standard InChI is InChI=1S/2C9H20O4Si2.2C3H9OSi.Zr/c2*1-14(2,3)12-8(10)7-9(11)13-15(4,5)6;2*1-5(2,3)4;/h2*7,10H,1-6H3;2*1-3H3;/q;;2*-1;+4/p-2/b2*8-7+;;;. The second kappa shape index (κ2) is 20.6. The van der Waals surface area contributed by atoms with E-state index in [0.29, 0.717) is 0 Å². The SMILES string of the molecule is C[Si](C)(C)OC(=O)/C=C(\[O-])O[Si](C)(C)C.C[Si](C)(C)OC(=O)/C=C(\[O-])O[Si](C)(C)C.C[Si](C)(C)[O-].C[Si](C)(C)[O-].[Zr+4]. The van der Waals surface area contributed by atoms with Crippen LogP contribution in [0.25, 0.3) is 0 Å². The van der Waals surface area contributed by atoms with Crippen molar-refractivity contribution in [1.82, 2.24) is 0 Å². The first kappa shape index (κ1) is 50.4. The Kier molecular flexibility index (Phi) is 25.3. The first-order chi connectivity index (χ1) is 17.0. The van der Waals surface area contributed by atoms with E-state index in [2.05, 4.69) is 0 Å². The van der Waals surface area contributed by atoms with Crippen molar-refractivity contribution in [1.29, 1.82) is 0 Å². The molecule has 0 aliphatic carbocycles. The topological polar surface area (TPSA) is 163 Å². The van der Waals surface area contributed by atoms with E-state index >= 15 is 0 Å². The molecule has 0 heterocycles. The van der Waals surface area contributed by atoms with Gasteiger partial charge in [-0.25, -0.2) is 9.59 Å². The number of hydrogen-bond donors (Lipinski definition) is 0. The molecular formula is C24H56O10Si6Zr. The van der Waals surface area contributed by atoms with Crippen LogP contribution in [0, 0.1) is 0 Å². The first-order valence-electron chi connectivity index (χ1n) is 13.0. The minimum absolute atomic E-state index is 0. The molecule has 0 amide bonds. The molecule has 0 atom stereocenters. The van der Waals surface area contributed by atoms with Gasteiger partial charge in [0.2, 0.25) is 16.6 Å². The van der Waals surface area contributed by atoms with Crippen LogP contribution in [0.3, 0.4) is 0 Å². The van der Waals surface area contributed by atoms with Crippen LogP contribution in [0.2, 0.25) is 118 Å². The fraction of sp³-hybridized carbons (Fsp3) is 0.750. The Morgan fingerprint density at radius 2 is 0.585 bits per heavy atom. The third kappa shape index (κ3) is 73.5. The summed E-state index contributed by atoms with van der Waals surface area (Å²) in [6, 6.07) is 0. The van der Waals surface area contributed by atoms with Gasteiger partial charge >= 0.3 is 38.1 Å². The summed E-state index contributed by atoms with van der Waals surface area (Å²) in [5.74, 6) is -2.40. The van der Waals surface area contributed by atoms with Gasteiger partial charge in [-0.1, -0.05) is 95.2 Å². The molecule has 0 aromatic heterocycles. The Bertz CT molecular complexity index is 732. The molecule has 41 heavy (non-hydrogen) atoms. The van der Waals surface area contributed by atoms with Crippen LogP contribution in [0.4, 0.5) is 0 Å². The van der Waals surface area contributed by atoms with E-state index in [1.54, 1.807) is 39.3 Å². The normalized spacial score (nSPS) is 12.9. The van der Waals surface area contributed by atoms with Gasteiger partial charge in [-0.05, 0) is 39.3 Å². The monoisotopic (exact) mass is 762 g/mol. The molecule has 0 N–H and O–H groups in total. The molecule has 0 aliphatic heterocycles. The number of rotatable bonds is 8. The Morgan fingerprint density at radius 3 is 0.707 bits per heavy atom. The van der Waals surface area contributed by atoms with E-state index in [4.69, 9.17) is 17.7 Å². The van der Waals surface area contributed by atoms with E-state index in [9.17, 15) is 29.4 Å². The van der Waals surface area contributed by atoms with E-state index < -0.39 is 73.7 Å². The summed E-state index contributed by atoms with van der Waals surface area (Å²) in [6.07, 6.45) is 1.77. The predicted molar refractivity (Wildman–Crippen MR) is 171 cm³/mol. The fourth-order valence-electron chi connectivity index (χ4n) is 1.52.